The molecule has 476 valence electrons. The van der Waals surface area contributed by atoms with Gasteiger partial charge in [-0.25, -0.2) is 31.1 Å². The van der Waals surface area contributed by atoms with Crippen LogP contribution < -0.4 is 46.9 Å². The number of nitrogens with zero attached hydrogens (tertiary/aromatic N) is 2. The summed E-state index contributed by atoms with van der Waals surface area (Å²) >= 11 is 0. The maximum absolute atomic E-state index is 14.5. The van der Waals surface area contributed by atoms with E-state index in [0.29, 0.717) is 25.7 Å². The lowest BCUT2D eigenvalue weighted by molar-refractivity contribution is -0.417. The number of alkyl halides is 12. The van der Waals surface area contributed by atoms with Crippen LogP contribution in [0, 0.1) is 45.8 Å². The van der Waals surface area contributed by atoms with E-state index >= 15 is 0 Å². The number of Topliss-reactive ketones (excluding diaryl/α,β-unsaturated/α-hetero) is 2. The maximum atomic E-state index is 14.5. The minimum atomic E-state index is -4.78. The molecular weight excluding hydrogens is 1190 g/mol. The molecule has 5 atom stereocenters. The van der Waals surface area contributed by atoms with Crippen molar-refractivity contribution in [2.75, 3.05) is 7.11 Å². The lowest BCUT2D eigenvalue weighted by atomic mass is 9.91. The number of hydrogen-bond donors (Lipinski definition) is 5. The van der Waals surface area contributed by atoms with E-state index in [1.807, 2.05) is 36.4 Å². The van der Waals surface area contributed by atoms with Gasteiger partial charge < -0.3 is 46.1 Å². The summed E-state index contributed by atoms with van der Waals surface area (Å²) in [5.74, 6) is -13.3. The Morgan fingerprint density at radius 1 is 0.635 bits per heavy atom. The number of nitriles is 2. The molecule has 8 rings (SSSR count). The van der Waals surface area contributed by atoms with E-state index in [0.717, 1.165) is 56.2 Å². The Labute approximate surface area is 500 Å². The molecule has 26 heteroatoms. The summed E-state index contributed by atoms with van der Waals surface area (Å²) < 4.78 is 164. The van der Waals surface area contributed by atoms with Crippen LogP contribution in [-0.4, -0.2) is 89.5 Å². The highest BCUT2D eigenvalue weighted by molar-refractivity contribution is 6.00. The molecule has 0 bridgehead atoms. The fraction of sp³-hybridized carbons (Fsp3) is 0.593. The largest absolute Gasteiger partial charge is 1.00 e. The number of ketones is 2. The standard InChI is InChI=1S/C21H23F5N2O.C16H21F2NO2.C9H15F2NO2.C8H5F3O.C4H6N2.CH4.2ClH/c22-20(23,10-14-6-7-14)11-16(17(29)12-19(13-27)8-9-19)28-18(21(24,25)26)15-4-2-1-3-5-15;1-11(13-5-3-2-4-6-13)19-14(15(20)21)10-16(17,18)9-12-7-8-12;1-14-8(13)7(12)5-9(10,11)4-6-2-3-6;9-8(10,11)7(12)6-4-2-1-3-5-6;5-3-4(6)1-2-4;;;/h1-5,14,16,18,28H,6-12H2;2-6,11-12,14,19H,7-10H2,1H3,(H,20,21);6-7H,2-5,12H2,1H3;1-5H;1-2,6H2;1H4;2*1H/t16-,18-;11?,14-;7-;;;;;/m000...../s1. The number of aliphatic carboxylic acids is 1. The molecule has 5 fully saturated rings. The first-order valence-electron chi connectivity index (χ1n) is 27.0. The Kier molecular flexibility index (Phi) is 30.6. The number of carbonyl (C=O) groups is 4. The van der Waals surface area contributed by atoms with Crippen molar-refractivity contribution in [3.8, 4) is 12.1 Å². The third kappa shape index (κ3) is 29.6. The van der Waals surface area contributed by atoms with Crippen LogP contribution in [0.2, 0.25) is 0 Å². The van der Waals surface area contributed by atoms with Crippen molar-refractivity contribution >= 4 is 23.5 Å². The molecule has 5 aliphatic rings. The zero-order valence-corrected chi connectivity index (χ0v) is 47.9. The van der Waals surface area contributed by atoms with Crippen LogP contribution >= 0.6 is 0 Å². The second-order valence-corrected chi connectivity index (χ2v) is 22.3. The number of quaternary nitrogens is 2. The zero-order chi connectivity index (χ0) is 61.3. The van der Waals surface area contributed by atoms with Crippen LogP contribution in [0.1, 0.15) is 157 Å². The third-order valence-corrected chi connectivity index (χ3v) is 14.2. The number of halogens is 14. The summed E-state index contributed by atoms with van der Waals surface area (Å²) in [7, 11) is 1.18. The molecule has 0 saturated heterocycles. The average Bonchev–Trinajstić information content (AvgIpc) is 4.20. The lowest BCUT2D eigenvalue weighted by Crippen LogP contribution is -3.00. The van der Waals surface area contributed by atoms with E-state index in [1.165, 1.54) is 43.5 Å². The molecule has 0 aliphatic heterocycles. The number of carboxylic acids is 1. The van der Waals surface area contributed by atoms with Crippen molar-refractivity contribution in [3.63, 3.8) is 0 Å². The molecule has 3 aromatic rings. The number of carbonyl (C=O) groups excluding carboxylic acids is 3. The second kappa shape index (κ2) is 33.6. The normalized spacial score (nSPS) is 18.0. The summed E-state index contributed by atoms with van der Waals surface area (Å²) in [6.07, 6.45) is -5.03. The molecule has 9 N–H and O–H groups in total. The molecule has 0 amide bonds. The van der Waals surface area contributed by atoms with Crippen LogP contribution in [0.4, 0.5) is 52.7 Å². The van der Waals surface area contributed by atoms with Gasteiger partial charge in [0.2, 0.25) is 5.92 Å². The van der Waals surface area contributed by atoms with Gasteiger partial charge in [0, 0.05) is 63.0 Å². The smallest absolute Gasteiger partial charge is 0.454 e. The van der Waals surface area contributed by atoms with E-state index < -0.39 is 109 Å². The van der Waals surface area contributed by atoms with Crippen LogP contribution in [0.3, 0.4) is 0 Å². The molecule has 0 aromatic heterocycles. The van der Waals surface area contributed by atoms with Crippen LogP contribution in [0.5, 0.6) is 0 Å². The van der Waals surface area contributed by atoms with Gasteiger partial charge in [0.25, 0.3) is 17.6 Å². The van der Waals surface area contributed by atoms with E-state index in [2.05, 4.69) is 32.9 Å². The Morgan fingerprint density at radius 3 is 1.36 bits per heavy atom. The highest BCUT2D eigenvalue weighted by atomic mass is 35.5. The van der Waals surface area contributed by atoms with Crippen LogP contribution in [0.15, 0.2) is 91.0 Å². The number of rotatable bonds is 24. The Balaban J connectivity index is 0.000000567. The van der Waals surface area contributed by atoms with Crippen molar-refractivity contribution in [2.24, 2.45) is 23.2 Å². The third-order valence-electron chi connectivity index (χ3n) is 14.2. The first-order valence-corrected chi connectivity index (χ1v) is 27.0. The van der Waals surface area contributed by atoms with Crippen molar-refractivity contribution in [1.29, 1.82) is 10.5 Å². The number of benzene rings is 3. The van der Waals surface area contributed by atoms with Crippen molar-refractivity contribution in [3.05, 3.63) is 108 Å². The first-order chi connectivity index (χ1) is 38.1. The molecule has 12 nitrogen and oxygen atoms in total. The SMILES string of the molecule is C.CC(N[C@@H](CC(F)(F)CC1CC1)C(=O)O)c1ccccc1.COC(=O)[C@@H]([NH3+])CC(F)(F)CC1CC1.N#CC1(CC(=O)[C@H](CC(F)(F)CC2CC2)N[C@@H](c2ccccc2)C(F)(F)F)CC1.N#CC1([NH3+])CC1.O=C(c1ccccc1)C(F)(F)F.[Cl-].[Cl-]. The van der Waals surface area contributed by atoms with Gasteiger partial charge in [0.1, 0.15) is 18.2 Å². The summed E-state index contributed by atoms with van der Waals surface area (Å²) in [5, 5.41) is 31.5. The summed E-state index contributed by atoms with van der Waals surface area (Å²) in [6, 6.07) is 20.4. The Bertz CT molecular complexity index is 2610. The number of ether oxygens (including phenoxy) is 1. The number of carboxylic acid groups (broad SMARTS) is 1. The van der Waals surface area contributed by atoms with Gasteiger partial charge in [-0.3, -0.25) is 25.0 Å². The first kappa shape index (κ1) is 77.5. The Morgan fingerprint density at radius 2 is 1.04 bits per heavy atom. The number of nitrogens with one attached hydrogen (secondary N) is 2. The van der Waals surface area contributed by atoms with Crippen molar-refractivity contribution < 1.29 is 118 Å². The van der Waals surface area contributed by atoms with E-state index in [1.54, 1.807) is 19.1 Å². The van der Waals surface area contributed by atoms with Gasteiger partial charge >= 0.3 is 24.3 Å². The molecule has 3 aromatic carbocycles. The molecule has 85 heavy (non-hydrogen) atoms. The average molecular weight is 1260 g/mol. The summed E-state index contributed by atoms with van der Waals surface area (Å²) in [4.78, 5) is 45.4. The number of esters is 1. The highest BCUT2D eigenvalue weighted by Crippen LogP contribution is 2.49. The minimum Gasteiger partial charge on any atom is -1.00 e. The topological polar surface area (TPSA) is 225 Å². The molecule has 5 saturated carbocycles. The van der Waals surface area contributed by atoms with Gasteiger partial charge in [-0.1, -0.05) is 98.4 Å². The molecule has 0 spiro atoms. The summed E-state index contributed by atoms with van der Waals surface area (Å²) in [6.45, 7) is 1.78. The van der Waals surface area contributed by atoms with Crippen molar-refractivity contribution in [1.82, 2.24) is 10.6 Å². The monoisotopic (exact) mass is 1260 g/mol. The molecular formula is C59H76Cl2F12N6O6. The highest BCUT2D eigenvalue weighted by Gasteiger charge is 2.51. The fourth-order valence-electron chi connectivity index (χ4n) is 8.49. The van der Waals surface area contributed by atoms with Crippen LogP contribution in [0.25, 0.3) is 0 Å². The molecule has 0 radical (unpaired) electrons. The second-order valence-electron chi connectivity index (χ2n) is 22.3. The van der Waals surface area contributed by atoms with E-state index in [9.17, 15) is 82.2 Å². The lowest BCUT2D eigenvalue weighted by Gasteiger charge is -2.30. The number of hydrogen-bond acceptors (Lipinski definition) is 9. The summed E-state index contributed by atoms with van der Waals surface area (Å²) in [5.41, 5.74) is 6.35. The number of methoxy groups -OCH3 is 1. The van der Waals surface area contributed by atoms with Crippen molar-refractivity contribution in [2.45, 2.75) is 189 Å². The van der Waals surface area contributed by atoms with Gasteiger partial charge in [-0.2, -0.15) is 36.9 Å². The zero-order valence-electron chi connectivity index (χ0n) is 46.4. The van der Waals surface area contributed by atoms with Crippen LogP contribution in [-0.2, 0) is 19.1 Å². The molecule has 0 heterocycles. The van der Waals surface area contributed by atoms with Gasteiger partial charge in [-0.15, -0.1) is 0 Å². The van der Waals surface area contributed by atoms with Gasteiger partial charge in [0.15, 0.2) is 17.4 Å². The van der Waals surface area contributed by atoms with Gasteiger partial charge in [0.05, 0.1) is 31.1 Å². The molecule has 5 aliphatic carbocycles. The quantitative estimate of drug-likeness (QED) is 0.0405. The van der Waals surface area contributed by atoms with Gasteiger partial charge in [-0.05, 0) is 87.2 Å². The predicted octanol–water partition coefficient (Wildman–Crippen LogP) is 5.91. The maximum Gasteiger partial charge on any atom is 0.454 e. The fourth-order valence-corrected chi connectivity index (χ4v) is 8.49. The van der Waals surface area contributed by atoms with E-state index in [-0.39, 0.29) is 92.0 Å². The Hall–Kier alpha value is -5.50. The minimum absolute atomic E-state index is 0. The predicted molar refractivity (Wildman–Crippen MR) is 282 cm³/mol. The molecule has 1 unspecified atom stereocenters. The van der Waals surface area contributed by atoms with E-state index in [4.69, 9.17) is 5.26 Å².